The van der Waals surface area contributed by atoms with E-state index >= 15 is 0 Å². The Balaban J connectivity index is 1.53. The fraction of sp³-hybridized carbons (Fsp3) is 0.462. The molecule has 3 heterocycles. The summed E-state index contributed by atoms with van der Waals surface area (Å²) in [6.45, 7) is 1.09. The number of fused-ring (bicyclic) bond motifs is 3. The minimum Gasteiger partial charge on any atom is -0.346 e. The Morgan fingerprint density at radius 3 is 3.16 bits per heavy atom. The summed E-state index contributed by atoms with van der Waals surface area (Å²) < 4.78 is 1.81. The van der Waals surface area contributed by atoms with Gasteiger partial charge in [-0.15, -0.1) is 0 Å². The maximum atomic E-state index is 12.2. The quantitative estimate of drug-likeness (QED) is 0.807. The average Bonchev–Trinajstić information content (AvgIpc) is 3.13. The van der Waals surface area contributed by atoms with E-state index in [2.05, 4.69) is 20.6 Å². The van der Waals surface area contributed by atoms with Crippen LogP contribution in [0.15, 0.2) is 24.8 Å². The predicted octanol–water partition coefficient (Wildman–Crippen LogP) is 0.209. The maximum Gasteiger partial charge on any atom is 0.271 e. The number of carbonyl (C=O) groups is 1. The summed E-state index contributed by atoms with van der Waals surface area (Å²) in [7, 11) is 0. The van der Waals surface area contributed by atoms with E-state index in [4.69, 9.17) is 0 Å². The topological polar surface area (TPSA) is 71.3 Å². The van der Waals surface area contributed by atoms with E-state index in [0.717, 1.165) is 24.5 Å². The lowest BCUT2D eigenvalue weighted by Crippen LogP contribution is -2.48. The fourth-order valence-electron chi connectivity index (χ4n) is 3.20. The van der Waals surface area contributed by atoms with Gasteiger partial charge in [-0.05, 0) is 25.3 Å². The van der Waals surface area contributed by atoms with E-state index in [-0.39, 0.29) is 11.9 Å². The van der Waals surface area contributed by atoms with Crippen LogP contribution in [0.4, 0.5) is 0 Å². The lowest BCUT2D eigenvalue weighted by atomic mass is 10.1. The van der Waals surface area contributed by atoms with Gasteiger partial charge in [0.15, 0.2) is 5.65 Å². The van der Waals surface area contributed by atoms with Crippen LogP contribution in [0.5, 0.6) is 0 Å². The van der Waals surface area contributed by atoms with Crippen molar-refractivity contribution in [3.8, 4) is 0 Å². The van der Waals surface area contributed by atoms with Crippen LogP contribution < -0.4 is 10.6 Å². The molecule has 2 fully saturated rings. The number of hydrogen-bond donors (Lipinski definition) is 2. The number of nitrogens with zero attached hydrogens (tertiary/aromatic N) is 3. The second-order valence-corrected chi connectivity index (χ2v) is 5.40. The molecule has 2 aromatic rings. The number of nitrogens with one attached hydrogen (secondary N) is 2. The highest BCUT2D eigenvalue weighted by molar-refractivity contribution is 5.92. The van der Waals surface area contributed by atoms with Crippen LogP contribution in [-0.2, 0) is 0 Å². The third-order valence-corrected chi connectivity index (χ3v) is 4.16. The summed E-state index contributed by atoms with van der Waals surface area (Å²) in [5.74, 6) is 0.620. The zero-order valence-electron chi connectivity index (χ0n) is 10.4. The first kappa shape index (κ1) is 10.9. The number of hydrogen-bond acceptors (Lipinski definition) is 4. The van der Waals surface area contributed by atoms with Gasteiger partial charge in [-0.3, -0.25) is 4.79 Å². The Morgan fingerprint density at radius 2 is 2.37 bits per heavy atom. The van der Waals surface area contributed by atoms with Crippen LogP contribution in [0.25, 0.3) is 5.65 Å². The summed E-state index contributed by atoms with van der Waals surface area (Å²) in [4.78, 5) is 20.5. The molecule has 19 heavy (non-hydrogen) atoms. The smallest absolute Gasteiger partial charge is 0.271 e. The van der Waals surface area contributed by atoms with Gasteiger partial charge in [0.05, 0.1) is 6.20 Å². The average molecular weight is 257 g/mol. The van der Waals surface area contributed by atoms with Crippen molar-refractivity contribution in [3.05, 3.63) is 30.5 Å². The van der Waals surface area contributed by atoms with Crippen LogP contribution in [0.3, 0.4) is 0 Å². The third-order valence-electron chi connectivity index (χ3n) is 4.16. The first-order chi connectivity index (χ1) is 9.29. The largest absolute Gasteiger partial charge is 0.346 e. The molecule has 1 saturated carbocycles. The predicted molar refractivity (Wildman–Crippen MR) is 68.8 cm³/mol. The molecular formula is C13H15N5O. The molecule has 2 aromatic heterocycles. The summed E-state index contributed by atoms with van der Waals surface area (Å²) in [6, 6.07) is 0.678. The molecule has 2 bridgehead atoms. The first-order valence-corrected chi connectivity index (χ1v) is 6.62. The highest BCUT2D eigenvalue weighted by Crippen LogP contribution is 2.31. The van der Waals surface area contributed by atoms with Gasteiger partial charge in [0.25, 0.3) is 5.91 Å². The van der Waals surface area contributed by atoms with Crippen molar-refractivity contribution in [2.24, 2.45) is 5.92 Å². The Labute approximate surface area is 110 Å². The minimum atomic E-state index is -0.102. The number of amides is 1. The minimum absolute atomic E-state index is 0.102. The van der Waals surface area contributed by atoms with E-state index in [1.165, 1.54) is 6.42 Å². The molecule has 6 nitrogen and oxygen atoms in total. The van der Waals surface area contributed by atoms with Gasteiger partial charge in [0.2, 0.25) is 0 Å². The summed E-state index contributed by atoms with van der Waals surface area (Å²) in [5.41, 5.74) is 1.19. The van der Waals surface area contributed by atoms with Crippen LogP contribution in [0, 0.1) is 5.92 Å². The van der Waals surface area contributed by atoms with Crippen LogP contribution in [0.1, 0.15) is 23.3 Å². The van der Waals surface area contributed by atoms with E-state index in [1.807, 2.05) is 6.20 Å². The molecule has 0 spiro atoms. The van der Waals surface area contributed by atoms with Gasteiger partial charge >= 0.3 is 0 Å². The molecule has 2 aliphatic rings. The molecule has 2 N–H and O–H groups in total. The van der Waals surface area contributed by atoms with Crippen molar-refractivity contribution in [3.63, 3.8) is 0 Å². The number of piperidine rings is 1. The second-order valence-electron chi connectivity index (χ2n) is 5.40. The molecule has 1 amide bonds. The van der Waals surface area contributed by atoms with Crippen molar-refractivity contribution >= 4 is 11.6 Å². The molecule has 6 heteroatoms. The highest BCUT2D eigenvalue weighted by Gasteiger charge is 2.40. The van der Waals surface area contributed by atoms with Gasteiger partial charge in [0, 0.05) is 30.7 Å². The molecule has 0 aromatic carbocycles. The monoisotopic (exact) mass is 257 g/mol. The molecule has 1 saturated heterocycles. The van der Waals surface area contributed by atoms with Gasteiger partial charge in [-0.25, -0.2) is 9.97 Å². The summed E-state index contributed by atoms with van der Waals surface area (Å²) in [6.07, 6.45) is 9.10. The van der Waals surface area contributed by atoms with E-state index in [0.29, 0.717) is 11.7 Å². The maximum absolute atomic E-state index is 12.2. The lowest BCUT2D eigenvalue weighted by molar-refractivity contribution is 0.0923. The molecule has 0 radical (unpaired) electrons. The van der Waals surface area contributed by atoms with Crippen molar-refractivity contribution in [1.82, 2.24) is 25.0 Å². The van der Waals surface area contributed by atoms with Gasteiger partial charge in [0.1, 0.15) is 5.69 Å². The zero-order valence-corrected chi connectivity index (χ0v) is 10.4. The van der Waals surface area contributed by atoms with E-state index in [1.54, 1.807) is 23.0 Å². The molecular weight excluding hydrogens is 242 g/mol. The Morgan fingerprint density at radius 1 is 1.42 bits per heavy atom. The molecule has 98 valence electrons. The van der Waals surface area contributed by atoms with Gasteiger partial charge < -0.3 is 15.0 Å². The molecule has 4 rings (SSSR count). The standard InChI is InChI=1S/C13H15N5O/c19-13(17-10-4-8-3-9(10)15-5-8)11-7-18-2-1-14-12(18)6-16-11/h1-2,6-10,15H,3-5H2,(H,17,19)/t8-,9+,10-/m0/s1. The van der Waals surface area contributed by atoms with Crippen molar-refractivity contribution in [2.75, 3.05) is 6.54 Å². The molecule has 0 unspecified atom stereocenters. The van der Waals surface area contributed by atoms with E-state index in [9.17, 15) is 4.79 Å². The Bertz CT molecular complexity index is 637. The van der Waals surface area contributed by atoms with Gasteiger partial charge in [-0.1, -0.05) is 0 Å². The van der Waals surface area contributed by atoms with Crippen molar-refractivity contribution < 1.29 is 4.79 Å². The second kappa shape index (κ2) is 4.03. The SMILES string of the molecule is O=C(N[C@H]1C[C@H]2CN[C@@H]1C2)c1cn2ccnc2cn1. The Kier molecular flexibility index (Phi) is 2.32. The zero-order chi connectivity index (χ0) is 12.8. The first-order valence-electron chi connectivity index (χ1n) is 6.62. The number of carbonyl (C=O) groups excluding carboxylic acids is 1. The summed E-state index contributed by atoms with van der Waals surface area (Å²) >= 11 is 0. The summed E-state index contributed by atoms with van der Waals surface area (Å²) in [5, 5.41) is 6.52. The number of imidazole rings is 1. The highest BCUT2D eigenvalue weighted by atomic mass is 16.2. The molecule has 3 atom stereocenters. The van der Waals surface area contributed by atoms with Crippen molar-refractivity contribution in [1.29, 1.82) is 0 Å². The van der Waals surface area contributed by atoms with Crippen LogP contribution >= 0.6 is 0 Å². The fourth-order valence-corrected chi connectivity index (χ4v) is 3.20. The van der Waals surface area contributed by atoms with Crippen LogP contribution in [-0.4, -0.2) is 38.9 Å². The third kappa shape index (κ3) is 1.79. The number of rotatable bonds is 2. The van der Waals surface area contributed by atoms with Crippen molar-refractivity contribution in [2.45, 2.75) is 24.9 Å². The molecule has 1 aliphatic heterocycles. The normalized spacial score (nSPS) is 28.9. The molecule has 1 aliphatic carbocycles. The van der Waals surface area contributed by atoms with Gasteiger partial charge in [-0.2, -0.15) is 0 Å². The van der Waals surface area contributed by atoms with Crippen LogP contribution in [0.2, 0.25) is 0 Å². The Hall–Kier alpha value is -1.95. The lowest BCUT2D eigenvalue weighted by Gasteiger charge is -2.23. The number of aromatic nitrogens is 3. The van der Waals surface area contributed by atoms with E-state index < -0.39 is 0 Å².